The fourth-order valence-corrected chi connectivity index (χ4v) is 1.86. The van der Waals surface area contributed by atoms with Gasteiger partial charge in [0.2, 0.25) is 0 Å². The molecule has 0 aliphatic carbocycles. The highest BCUT2D eigenvalue weighted by Gasteiger charge is 1.97. The third kappa shape index (κ3) is 13.3. The fourth-order valence-electron chi connectivity index (χ4n) is 1.86. The molecule has 0 N–H and O–H groups in total. The van der Waals surface area contributed by atoms with Crippen LogP contribution in [0.15, 0.2) is 12.2 Å². The number of carbonyl (C=O) groups is 1. The van der Waals surface area contributed by atoms with E-state index in [9.17, 15) is 4.79 Å². The van der Waals surface area contributed by atoms with Crippen molar-refractivity contribution in [3.05, 3.63) is 12.2 Å². The van der Waals surface area contributed by atoms with Gasteiger partial charge in [0.05, 0.1) is 0 Å². The van der Waals surface area contributed by atoms with Crippen molar-refractivity contribution >= 4 is 5.78 Å². The maximum Gasteiger partial charge on any atom is 0.133 e. The van der Waals surface area contributed by atoms with E-state index >= 15 is 0 Å². The Kier molecular flexibility index (Phi) is 11.5. The van der Waals surface area contributed by atoms with E-state index in [0.717, 1.165) is 12.3 Å². The van der Waals surface area contributed by atoms with Crippen LogP contribution in [0, 0.1) is 5.92 Å². The minimum absolute atomic E-state index is 0.256. The molecule has 1 atom stereocenters. The summed E-state index contributed by atoms with van der Waals surface area (Å²) in [5.41, 5.74) is 0. The molecule has 0 aromatic carbocycles. The van der Waals surface area contributed by atoms with Gasteiger partial charge in [-0.15, -0.1) is 0 Å². The lowest BCUT2D eigenvalue weighted by molar-refractivity contribution is -0.116. The Morgan fingerprint density at radius 1 is 1.06 bits per heavy atom. The minimum Gasteiger partial charge on any atom is -0.300 e. The molecule has 0 radical (unpaired) electrons. The van der Waals surface area contributed by atoms with Gasteiger partial charge in [0.1, 0.15) is 5.78 Å². The molecule has 0 aromatic heterocycles. The molecule has 0 aromatic rings. The topological polar surface area (TPSA) is 17.1 Å². The van der Waals surface area contributed by atoms with E-state index in [2.05, 4.69) is 19.9 Å². The van der Waals surface area contributed by atoms with E-state index < -0.39 is 0 Å². The van der Waals surface area contributed by atoms with Crippen LogP contribution < -0.4 is 0 Å². The molecule has 0 spiro atoms. The number of hydrogen-bond donors (Lipinski definition) is 0. The van der Waals surface area contributed by atoms with Crippen molar-refractivity contribution in [3.8, 4) is 0 Å². The second kappa shape index (κ2) is 11.9. The molecule has 0 rings (SSSR count). The molecule has 1 unspecified atom stereocenters. The summed E-state index contributed by atoms with van der Waals surface area (Å²) in [6.45, 7) is 6.26. The molecule has 0 saturated carbocycles. The first-order valence-corrected chi connectivity index (χ1v) is 7.31. The predicted molar refractivity (Wildman–Crippen MR) is 76.2 cm³/mol. The number of rotatable bonds is 11. The van der Waals surface area contributed by atoms with Crippen LogP contribution in [0.25, 0.3) is 0 Å². The molecule has 17 heavy (non-hydrogen) atoms. The molecular formula is C16H30O. The standard InChI is InChI=1S/C16H30O/c1-4-15(2)13-11-9-7-5-6-8-10-12-14-16(3)17/h10,12,15H,4-9,11,13-14H2,1-3H3/b12-10+. The van der Waals surface area contributed by atoms with Crippen molar-refractivity contribution in [2.75, 3.05) is 0 Å². The van der Waals surface area contributed by atoms with Crippen LogP contribution in [0.4, 0.5) is 0 Å². The van der Waals surface area contributed by atoms with Crippen LogP contribution in [-0.2, 0) is 4.79 Å². The van der Waals surface area contributed by atoms with Crippen LogP contribution in [0.2, 0.25) is 0 Å². The van der Waals surface area contributed by atoms with E-state index in [1.165, 1.54) is 44.9 Å². The van der Waals surface area contributed by atoms with Crippen LogP contribution in [0.1, 0.15) is 78.6 Å². The highest BCUT2D eigenvalue weighted by molar-refractivity contribution is 5.76. The molecule has 100 valence electrons. The zero-order valence-electron chi connectivity index (χ0n) is 12.0. The molecule has 0 aliphatic rings. The number of Topliss-reactive ketones (excluding diaryl/α,β-unsaturated/α-hetero) is 1. The van der Waals surface area contributed by atoms with Crippen LogP contribution >= 0.6 is 0 Å². The van der Waals surface area contributed by atoms with Gasteiger partial charge in [0.25, 0.3) is 0 Å². The van der Waals surface area contributed by atoms with Crippen LogP contribution in [0.3, 0.4) is 0 Å². The Balaban J connectivity index is 3.13. The van der Waals surface area contributed by atoms with Crippen molar-refractivity contribution in [2.24, 2.45) is 5.92 Å². The summed E-state index contributed by atoms with van der Waals surface area (Å²) < 4.78 is 0. The first-order valence-electron chi connectivity index (χ1n) is 7.31. The van der Waals surface area contributed by atoms with E-state index in [4.69, 9.17) is 0 Å². The maximum atomic E-state index is 10.7. The van der Waals surface area contributed by atoms with E-state index in [1.807, 2.05) is 6.08 Å². The van der Waals surface area contributed by atoms with E-state index in [1.54, 1.807) is 6.92 Å². The predicted octanol–water partition coefficient (Wildman–Crippen LogP) is 5.30. The summed E-state index contributed by atoms with van der Waals surface area (Å²) in [6, 6.07) is 0. The second-order valence-electron chi connectivity index (χ2n) is 5.24. The zero-order chi connectivity index (χ0) is 12.9. The van der Waals surface area contributed by atoms with Crippen molar-refractivity contribution in [1.82, 2.24) is 0 Å². The SMILES string of the molecule is CCC(C)CCCCCCC/C=C/CC(C)=O. The Labute approximate surface area is 108 Å². The third-order valence-electron chi connectivity index (χ3n) is 3.34. The molecule has 1 nitrogen and oxygen atoms in total. The summed E-state index contributed by atoms with van der Waals surface area (Å²) in [5.74, 6) is 1.16. The van der Waals surface area contributed by atoms with Gasteiger partial charge in [0.15, 0.2) is 0 Å². The number of allylic oxidation sites excluding steroid dienone is 2. The summed E-state index contributed by atoms with van der Waals surface area (Å²) in [4.78, 5) is 10.7. The Hall–Kier alpha value is -0.590. The largest absolute Gasteiger partial charge is 0.300 e. The summed E-state index contributed by atoms with van der Waals surface area (Å²) in [7, 11) is 0. The monoisotopic (exact) mass is 238 g/mol. The number of hydrogen-bond acceptors (Lipinski definition) is 1. The van der Waals surface area contributed by atoms with Crippen molar-refractivity contribution in [1.29, 1.82) is 0 Å². The number of carbonyl (C=O) groups excluding carboxylic acids is 1. The summed E-state index contributed by atoms with van der Waals surface area (Å²) >= 11 is 0. The van der Waals surface area contributed by atoms with Crippen LogP contribution in [0.5, 0.6) is 0 Å². The van der Waals surface area contributed by atoms with Gasteiger partial charge in [-0.1, -0.05) is 64.5 Å². The fraction of sp³-hybridized carbons (Fsp3) is 0.812. The maximum absolute atomic E-state index is 10.7. The van der Waals surface area contributed by atoms with Gasteiger partial charge in [-0.05, 0) is 25.7 Å². The van der Waals surface area contributed by atoms with E-state index in [0.29, 0.717) is 6.42 Å². The molecule has 0 heterocycles. The Morgan fingerprint density at radius 2 is 1.71 bits per heavy atom. The van der Waals surface area contributed by atoms with Crippen molar-refractivity contribution < 1.29 is 4.79 Å². The average molecular weight is 238 g/mol. The van der Waals surface area contributed by atoms with Gasteiger partial charge in [-0.3, -0.25) is 4.79 Å². The molecule has 0 aliphatic heterocycles. The Morgan fingerprint density at radius 3 is 2.35 bits per heavy atom. The Bertz CT molecular complexity index is 206. The van der Waals surface area contributed by atoms with Gasteiger partial charge < -0.3 is 0 Å². The lowest BCUT2D eigenvalue weighted by Gasteiger charge is -2.07. The number of unbranched alkanes of at least 4 members (excludes halogenated alkanes) is 5. The highest BCUT2D eigenvalue weighted by Crippen LogP contribution is 2.14. The third-order valence-corrected chi connectivity index (χ3v) is 3.34. The lowest BCUT2D eigenvalue weighted by Crippen LogP contribution is -1.91. The first-order chi connectivity index (χ1) is 8.16. The second-order valence-corrected chi connectivity index (χ2v) is 5.24. The van der Waals surface area contributed by atoms with Gasteiger partial charge in [-0.25, -0.2) is 0 Å². The molecule has 0 bridgehead atoms. The first kappa shape index (κ1) is 16.4. The quantitative estimate of drug-likeness (QED) is 0.353. The highest BCUT2D eigenvalue weighted by atomic mass is 16.1. The number of ketones is 1. The van der Waals surface area contributed by atoms with Gasteiger partial charge in [-0.2, -0.15) is 0 Å². The summed E-state index contributed by atoms with van der Waals surface area (Å²) in [6.07, 6.45) is 15.4. The zero-order valence-corrected chi connectivity index (χ0v) is 12.0. The normalized spacial score (nSPS) is 13.1. The molecule has 0 amide bonds. The van der Waals surface area contributed by atoms with Crippen molar-refractivity contribution in [3.63, 3.8) is 0 Å². The molecular weight excluding hydrogens is 208 g/mol. The van der Waals surface area contributed by atoms with Crippen LogP contribution in [-0.4, -0.2) is 5.78 Å². The molecule has 0 saturated heterocycles. The van der Waals surface area contributed by atoms with E-state index in [-0.39, 0.29) is 5.78 Å². The minimum atomic E-state index is 0.256. The molecule has 1 heteroatoms. The lowest BCUT2D eigenvalue weighted by atomic mass is 10.00. The smallest absolute Gasteiger partial charge is 0.133 e. The summed E-state index contributed by atoms with van der Waals surface area (Å²) in [5, 5.41) is 0. The van der Waals surface area contributed by atoms with Gasteiger partial charge >= 0.3 is 0 Å². The van der Waals surface area contributed by atoms with Gasteiger partial charge in [0, 0.05) is 6.42 Å². The molecule has 0 fully saturated rings. The average Bonchev–Trinajstić information content (AvgIpc) is 2.30. The van der Waals surface area contributed by atoms with Crippen molar-refractivity contribution in [2.45, 2.75) is 78.6 Å².